The van der Waals surface area contributed by atoms with E-state index in [1.807, 2.05) is 18.0 Å². The van der Waals surface area contributed by atoms with E-state index in [-0.39, 0.29) is 17.6 Å². The second-order valence-electron chi connectivity index (χ2n) is 9.85. The molecule has 1 fully saturated rings. The Hall–Kier alpha value is -2.72. The van der Waals surface area contributed by atoms with Crippen molar-refractivity contribution < 1.29 is 19.1 Å². The van der Waals surface area contributed by atoms with Crippen molar-refractivity contribution in [1.29, 1.82) is 0 Å². The molecule has 1 amide bonds. The lowest BCUT2D eigenvalue weighted by molar-refractivity contribution is 0.0927. The standard InChI is InChI=1S/C27H35Cl2N5O4/c1-33-9-10-38-26-19(11-17(28)12-22(26)33)27(36)32-6-3-4-7-34-8-5-16(15-34)24(31)25(35)18-13-20(29)21(30)14-23(18)37-2/h11-14,16,24H,3-10,15,30-31H2,1-2H3,(H,32,36). The third-order valence-electron chi connectivity index (χ3n) is 7.25. The van der Waals surface area contributed by atoms with Gasteiger partial charge in [0.15, 0.2) is 11.5 Å². The number of Topliss-reactive ketones (excluding diaryl/α,β-unsaturated/α-hetero) is 1. The number of nitrogens with zero attached hydrogens (tertiary/aromatic N) is 2. The number of likely N-dealkylation sites (N-methyl/N-ethyl adjacent to an activating group) is 1. The van der Waals surface area contributed by atoms with Crippen molar-refractivity contribution in [3.8, 4) is 11.5 Å². The van der Waals surface area contributed by atoms with E-state index in [9.17, 15) is 9.59 Å². The molecule has 2 aromatic rings. The van der Waals surface area contributed by atoms with E-state index in [4.69, 9.17) is 44.1 Å². The highest BCUT2D eigenvalue weighted by molar-refractivity contribution is 6.33. The molecule has 38 heavy (non-hydrogen) atoms. The van der Waals surface area contributed by atoms with Crippen LogP contribution in [0.4, 0.5) is 11.4 Å². The third-order valence-corrected chi connectivity index (χ3v) is 7.80. The van der Waals surface area contributed by atoms with Gasteiger partial charge in [0.1, 0.15) is 12.4 Å². The molecular weight excluding hydrogens is 529 g/mol. The SMILES string of the molecule is COc1cc(N)c(Cl)cc1C(=O)C(N)C1CCN(CCCCNC(=O)c2cc(Cl)cc3c2OCCN3C)C1. The van der Waals surface area contributed by atoms with Gasteiger partial charge in [-0.3, -0.25) is 9.59 Å². The molecule has 2 unspecified atom stereocenters. The van der Waals surface area contributed by atoms with E-state index < -0.39 is 6.04 Å². The molecule has 206 valence electrons. The molecule has 4 rings (SSSR count). The smallest absolute Gasteiger partial charge is 0.255 e. The zero-order chi connectivity index (χ0) is 27.4. The molecule has 1 saturated heterocycles. The van der Waals surface area contributed by atoms with Gasteiger partial charge in [0, 0.05) is 31.2 Å². The number of unbranched alkanes of at least 4 members (excludes halogenated alkanes) is 1. The van der Waals surface area contributed by atoms with Gasteiger partial charge in [-0.05, 0) is 56.5 Å². The Morgan fingerprint density at radius 2 is 1.97 bits per heavy atom. The monoisotopic (exact) mass is 563 g/mol. The van der Waals surface area contributed by atoms with Gasteiger partial charge in [0.25, 0.3) is 5.91 Å². The van der Waals surface area contributed by atoms with Crippen molar-refractivity contribution >= 4 is 46.3 Å². The Bertz CT molecular complexity index is 1190. The van der Waals surface area contributed by atoms with Gasteiger partial charge in [-0.1, -0.05) is 23.2 Å². The summed E-state index contributed by atoms with van der Waals surface area (Å²) in [5.74, 6) is 0.602. The van der Waals surface area contributed by atoms with Crippen LogP contribution in [0, 0.1) is 5.92 Å². The van der Waals surface area contributed by atoms with Crippen molar-refractivity contribution in [2.24, 2.45) is 11.7 Å². The molecule has 2 aromatic carbocycles. The number of amides is 1. The van der Waals surface area contributed by atoms with Gasteiger partial charge in [0.05, 0.1) is 47.2 Å². The zero-order valence-corrected chi connectivity index (χ0v) is 23.3. The van der Waals surface area contributed by atoms with Crippen LogP contribution in [0.2, 0.25) is 10.0 Å². The molecule has 0 bridgehead atoms. The number of rotatable bonds is 10. The summed E-state index contributed by atoms with van der Waals surface area (Å²) in [6.45, 7) is 4.29. The maximum Gasteiger partial charge on any atom is 0.255 e. The number of methoxy groups -OCH3 is 1. The normalized spacial score (nSPS) is 18.0. The van der Waals surface area contributed by atoms with Crippen LogP contribution in [0.15, 0.2) is 24.3 Å². The summed E-state index contributed by atoms with van der Waals surface area (Å²) in [7, 11) is 3.44. The van der Waals surface area contributed by atoms with Crippen LogP contribution < -0.4 is 31.2 Å². The lowest BCUT2D eigenvalue weighted by Gasteiger charge is -2.29. The second-order valence-corrected chi connectivity index (χ2v) is 10.7. The number of hydrogen-bond donors (Lipinski definition) is 3. The maximum absolute atomic E-state index is 13.1. The summed E-state index contributed by atoms with van der Waals surface area (Å²) in [5, 5.41) is 3.79. The Morgan fingerprint density at radius 1 is 1.18 bits per heavy atom. The van der Waals surface area contributed by atoms with Crippen molar-refractivity contribution in [3.05, 3.63) is 45.4 Å². The van der Waals surface area contributed by atoms with Gasteiger partial charge in [-0.25, -0.2) is 0 Å². The van der Waals surface area contributed by atoms with Crippen molar-refractivity contribution in [3.63, 3.8) is 0 Å². The average Bonchev–Trinajstić information content (AvgIpc) is 3.37. The first-order valence-corrected chi connectivity index (χ1v) is 13.6. The fourth-order valence-corrected chi connectivity index (χ4v) is 5.40. The molecule has 0 aliphatic carbocycles. The molecule has 9 nitrogen and oxygen atoms in total. The van der Waals surface area contributed by atoms with Crippen LogP contribution >= 0.6 is 23.2 Å². The van der Waals surface area contributed by atoms with E-state index in [1.54, 1.807) is 12.1 Å². The van der Waals surface area contributed by atoms with Gasteiger partial charge in [0.2, 0.25) is 0 Å². The van der Waals surface area contributed by atoms with Crippen LogP contribution in [0.1, 0.15) is 40.0 Å². The lowest BCUT2D eigenvalue weighted by Crippen LogP contribution is -2.40. The summed E-state index contributed by atoms with van der Waals surface area (Å²) < 4.78 is 11.1. The number of nitrogens with two attached hydrogens (primary N) is 2. The lowest BCUT2D eigenvalue weighted by atomic mass is 9.92. The molecular formula is C27H35Cl2N5O4. The fraction of sp³-hybridized carbons (Fsp3) is 0.481. The van der Waals surface area contributed by atoms with Gasteiger partial charge in [-0.15, -0.1) is 0 Å². The number of carbonyl (C=O) groups is 2. The molecule has 0 saturated carbocycles. The molecule has 2 heterocycles. The highest BCUT2D eigenvalue weighted by Crippen LogP contribution is 2.37. The molecule has 2 atom stereocenters. The molecule has 5 N–H and O–H groups in total. The highest BCUT2D eigenvalue weighted by Gasteiger charge is 2.33. The van der Waals surface area contributed by atoms with Crippen LogP contribution in [0.5, 0.6) is 11.5 Å². The predicted molar refractivity (Wildman–Crippen MR) is 151 cm³/mol. The Labute approximate surface area is 233 Å². The number of hydrogen-bond acceptors (Lipinski definition) is 8. The number of nitrogen functional groups attached to an aromatic ring is 1. The van der Waals surface area contributed by atoms with Crippen molar-refractivity contribution in [2.45, 2.75) is 25.3 Å². The summed E-state index contributed by atoms with van der Waals surface area (Å²) >= 11 is 12.4. The number of fused-ring (bicyclic) bond motifs is 1. The van der Waals surface area contributed by atoms with Gasteiger partial charge in [-0.2, -0.15) is 0 Å². The number of ketones is 1. The van der Waals surface area contributed by atoms with Crippen molar-refractivity contribution in [1.82, 2.24) is 10.2 Å². The first-order valence-electron chi connectivity index (χ1n) is 12.8. The molecule has 2 aliphatic heterocycles. The third kappa shape index (κ3) is 6.29. The summed E-state index contributed by atoms with van der Waals surface area (Å²) in [6.07, 6.45) is 2.57. The number of benzene rings is 2. The summed E-state index contributed by atoms with van der Waals surface area (Å²) in [6, 6.07) is 5.89. The number of nitrogens with one attached hydrogen (secondary N) is 1. The minimum Gasteiger partial charge on any atom is -0.496 e. The Kier molecular flexibility index (Phi) is 9.25. The Balaban J connectivity index is 1.23. The average molecular weight is 565 g/mol. The minimum absolute atomic E-state index is 0.0374. The minimum atomic E-state index is -0.655. The van der Waals surface area contributed by atoms with E-state index in [1.165, 1.54) is 13.2 Å². The number of likely N-dealkylation sites (tertiary alicyclic amines) is 1. The number of anilines is 2. The van der Waals surface area contributed by atoms with E-state index in [2.05, 4.69) is 10.2 Å². The van der Waals surface area contributed by atoms with E-state index in [0.29, 0.717) is 51.5 Å². The van der Waals surface area contributed by atoms with Crippen LogP contribution in [0.25, 0.3) is 0 Å². The van der Waals surface area contributed by atoms with Crippen molar-refractivity contribution in [2.75, 3.05) is 64.1 Å². The quantitative estimate of drug-likeness (QED) is 0.228. The second kappa shape index (κ2) is 12.4. The Morgan fingerprint density at radius 3 is 2.74 bits per heavy atom. The summed E-state index contributed by atoms with van der Waals surface area (Å²) in [4.78, 5) is 30.3. The summed E-state index contributed by atoms with van der Waals surface area (Å²) in [5.41, 5.74) is 14.2. The van der Waals surface area contributed by atoms with Crippen LogP contribution in [-0.2, 0) is 0 Å². The number of ether oxygens (including phenoxy) is 2. The number of halogens is 2. The van der Waals surface area contributed by atoms with Gasteiger partial charge >= 0.3 is 0 Å². The van der Waals surface area contributed by atoms with E-state index >= 15 is 0 Å². The number of carbonyl (C=O) groups excluding carboxylic acids is 2. The highest BCUT2D eigenvalue weighted by atomic mass is 35.5. The zero-order valence-electron chi connectivity index (χ0n) is 21.8. The fourth-order valence-electron chi connectivity index (χ4n) is 5.03. The molecule has 0 aromatic heterocycles. The first kappa shape index (κ1) is 28.3. The molecule has 11 heteroatoms. The molecule has 0 spiro atoms. The van der Waals surface area contributed by atoms with Crippen LogP contribution in [-0.4, -0.2) is 76.1 Å². The first-order chi connectivity index (χ1) is 18.2. The molecule has 0 radical (unpaired) electrons. The largest absolute Gasteiger partial charge is 0.496 e. The van der Waals surface area contributed by atoms with Gasteiger partial charge < -0.3 is 36.1 Å². The predicted octanol–water partition coefficient (Wildman–Crippen LogP) is 3.45. The topological polar surface area (TPSA) is 123 Å². The maximum atomic E-state index is 13.1. The molecule has 2 aliphatic rings. The van der Waals surface area contributed by atoms with Crippen LogP contribution in [0.3, 0.4) is 0 Å². The van der Waals surface area contributed by atoms with E-state index in [0.717, 1.165) is 51.1 Å².